The van der Waals surface area contributed by atoms with Gasteiger partial charge in [0.2, 0.25) is 0 Å². The lowest BCUT2D eigenvalue weighted by molar-refractivity contribution is 0.0357. The van der Waals surface area contributed by atoms with E-state index in [9.17, 15) is 0 Å². The highest BCUT2D eigenvalue weighted by atomic mass is 16.6. The molecule has 0 saturated carbocycles. The summed E-state index contributed by atoms with van der Waals surface area (Å²) in [4.78, 5) is 4.70. The molecule has 0 rings (SSSR count). The summed E-state index contributed by atoms with van der Waals surface area (Å²) in [6, 6.07) is 0. The van der Waals surface area contributed by atoms with Crippen molar-refractivity contribution in [3.63, 3.8) is 0 Å². The number of rotatable bonds is 5. The Labute approximate surface area is 89.5 Å². The van der Waals surface area contributed by atoms with E-state index in [1.54, 1.807) is 0 Å². The first-order valence-corrected chi connectivity index (χ1v) is 5.15. The molecule has 86 valence electrons. The van der Waals surface area contributed by atoms with Gasteiger partial charge in [-0.25, -0.2) is 5.90 Å². The van der Waals surface area contributed by atoms with E-state index >= 15 is 0 Å². The molecular formula is C12H27NO. The number of nitrogens with two attached hydrogens (primary N) is 1. The summed E-state index contributed by atoms with van der Waals surface area (Å²) < 4.78 is 0. The van der Waals surface area contributed by atoms with E-state index in [2.05, 4.69) is 47.8 Å². The number of hydrogen-bond donors (Lipinski definition) is 1. The van der Waals surface area contributed by atoms with Crippen LogP contribution in [0.25, 0.3) is 0 Å². The summed E-state index contributed by atoms with van der Waals surface area (Å²) in [5.41, 5.74) is 0.580. The van der Waals surface area contributed by atoms with Gasteiger partial charge in [0.15, 0.2) is 0 Å². The third-order valence-corrected chi connectivity index (χ3v) is 2.39. The fourth-order valence-electron chi connectivity index (χ4n) is 1.70. The Morgan fingerprint density at radius 2 is 1.50 bits per heavy atom. The molecule has 0 aliphatic heterocycles. The molecule has 0 radical (unpaired) electrons. The lowest BCUT2D eigenvalue weighted by Gasteiger charge is -2.33. The maximum Gasteiger partial charge on any atom is 0.0730 e. The average molecular weight is 201 g/mol. The van der Waals surface area contributed by atoms with Gasteiger partial charge in [0.25, 0.3) is 0 Å². The molecule has 0 atom stereocenters. The van der Waals surface area contributed by atoms with Crippen molar-refractivity contribution < 1.29 is 4.84 Å². The Morgan fingerprint density at radius 1 is 1.07 bits per heavy atom. The SMILES string of the molecule is C=C.CCC(C)(C)CC(C)(C)CON. The molecule has 2 nitrogen and oxygen atoms in total. The van der Waals surface area contributed by atoms with Crippen LogP contribution in [0.15, 0.2) is 13.2 Å². The van der Waals surface area contributed by atoms with Crippen LogP contribution in [-0.2, 0) is 4.84 Å². The molecule has 0 bridgehead atoms. The van der Waals surface area contributed by atoms with Crippen LogP contribution in [0.1, 0.15) is 47.5 Å². The second kappa shape index (κ2) is 7.02. The monoisotopic (exact) mass is 201 g/mol. The minimum Gasteiger partial charge on any atom is -0.304 e. The summed E-state index contributed by atoms with van der Waals surface area (Å²) in [5, 5.41) is 0. The lowest BCUT2D eigenvalue weighted by atomic mass is 9.74. The standard InChI is InChI=1S/C10H23NO.C2H4/c1-6-9(2,3)7-10(4,5)8-12-11;1-2/h6-8,11H2,1-5H3;1-2H2. The van der Waals surface area contributed by atoms with Crippen LogP contribution in [-0.4, -0.2) is 6.61 Å². The van der Waals surface area contributed by atoms with Crippen molar-refractivity contribution in [2.24, 2.45) is 16.7 Å². The molecule has 0 spiro atoms. The van der Waals surface area contributed by atoms with E-state index in [1.165, 1.54) is 6.42 Å². The van der Waals surface area contributed by atoms with Crippen molar-refractivity contribution in [3.05, 3.63) is 13.2 Å². The van der Waals surface area contributed by atoms with Gasteiger partial charge < -0.3 is 4.84 Å². The van der Waals surface area contributed by atoms with Gasteiger partial charge >= 0.3 is 0 Å². The van der Waals surface area contributed by atoms with Crippen molar-refractivity contribution in [3.8, 4) is 0 Å². The van der Waals surface area contributed by atoms with Crippen molar-refractivity contribution in [1.29, 1.82) is 0 Å². The van der Waals surface area contributed by atoms with E-state index in [4.69, 9.17) is 10.7 Å². The van der Waals surface area contributed by atoms with E-state index in [-0.39, 0.29) is 5.41 Å². The third-order valence-electron chi connectivity index (χ3n) is 2.39. The van der Waals surface area contributed by atoms with E-state index in [1.807, 2.05) is 0 Å². The molecule has 0 heterocycles. The average Bonchev–Trinajstić information content (AvgIpc) is 2.06. The topological polar surface area (TPSA) is 35.2 Å². The molecule has 0 amide bonds. The fraction of sp³-hybridized carbons (Fsp3) is 0.833. The highest BCUT2D eigenvalue weighted by molar-refractivity contribution is 4.77. The van der Waals surface area contributed by atoms with Gasteiger partial charge in [0.1, 0.15) is 0 Å². The second-order valence-corrected chi connectivity index (χ2v) is 5.17. The quantitative estimate of drug-likeness (QED) is 0.545. The molecular weight excluding hydrogens is 174 g/mol. The molecule has 0 fully saturated rings. The maximum absolute atomic E-state index is 5.07. The largest absolute Gasteiger partial charge is 0.304 e. The van der Waals surface area contributed by atoms with Gasteiger partial charge in [-0.15, -0.1) is 13.2 Å². The van der Waals surface area contributed by atoms with E-state index < -0.39 is 0 Å². The molecule has 0 aromatic rings. The molecule has 14 heavy (non-hydrogen) atoms. The first-order chi connectivity index (χ1) is 6.33. The van der Waals surface area contributed by atoms with Crippen LogP contribution in [0.2, 0.25) is 0 Å². The molecule has 2 heteroatoms. The maximum atomic E-state index is 5.07. The van der Waals surface area contributed by atoms with Crippen molar-refractivity contribution >= 4 is 0 Å². The Balaban J connectivity index is 0. The highest BCUT2D eigenvalue weighted by Gasteiger charge is 2.27. The van der Waals surface area contributed by atoms with Gasteiger partial charge in [0, 0.05) is 0 Å². The molecule has 0 unspecified atom stereocenters. The first kappa shape index (κ1) is 16.1. The highest BCUT2D eigenvalue weighted by Crippen LogP contribution is 2.35. The Bertz CT molecular complexity index is 141. The predicted molar refractivity (Wildman–Crippen MR) is 63.9 cm³/mol. The third kappa shape index (κ3) is 8.27. The summed E-state index contributed by atoms with van der Waals surface area (Å²) >= 11 is 0. The normalized spacial score (nSPS) is 11.9. The molecule has 0 aromatic carbocycles. The summed E-state index contributed by atoms with van der Waals surface area (Å²) in [6.45, 7) is 17.8. The summed E-state index contributed by atoms with van der Waals surface area (Å²) in [5.74, 6) is 5.07. The fourth-order valence-corrected chi connectivity index (χ4v) is 1.70. The van der Waals surface area contributed by atoms with Crippen molar-refractivity contribution in [2.45, 2.75) is 47.5 Å². The lowest BCUT2D eigenvalue weighted by Crippen LogP contribution is -2.28. The molecule has 0 aliphatic carbocycles. The van der Waals surface area contributed by atoms with Gasteiger partial charge in [-0.1, -0.05) is 41.0 Å². The second-order valence-electron chi connectivity index (χ2n) is 5.17. The van der Waals surface area contributed by atoms with Crippen LogP contribution < -0.4 is 5.90 Å². The smallest absolute Gasteiger partial charge is 0.0730 e. The van der Waals surface area contributed by atoms with Crippen molar-refractivity contribution in [1.82, 2.24) is 0 Å². The molecule has 2 N–H and O–H groups in total. The Kier molecular flexibility index (Phi) is 8.07. The Morgan fingerprint density at radius 3 is 1.79 bits per heavy atom. The zero-order valence-corrected chi connectivity index (χ0v) is 10.5. The predicted octanol–water partition coefficient (Wildman–Crippen LogP) is 3.53. The Hall–Kier alpha value is -0.340. The van der Waals surface area contributed by atoms with Gasteiger partial charge in [-0.3, -0.25) is 0 Å². The summed E-state index contributed by atoms with van der Waals surface area (Å²) in [7, 11) is 0. The van der Waals surface area contributed by atoms with Gasteiger partial charge in [0.05, 0.1) is 6.61 Å². The molecule has 0 aliphatic rings. The minimum absolute atomic E-state index is 0.189. The van der Waals surface area contributed by atoms with Crippen LogP contribution in [0.5, 0.6) is 0 Å². The zero-order valence-electron chi connectivity index (χ0n) is 10.5. The molecule has 0 saturated heterocycles. The summed E-state index contributed by atoms with van der Waals surface area (Å²) in [6.07, 6.45) is 2.34. The van der Waals surface area contributed by atoms with Gasteiger partial charge in [-0.2, -0.15) is 0 Å². The van der Waals surface area contributed by atoms with E-state index in [0.29, 0.717) is 12.0 Å². The van der Waals surface area contributed by atoms with Crippen LogP contribution >= 0.6 is 0 Å². The van der Waals surface area contributed by atoms with Crippen LogP contribution in [0.4, 0.5) is 0 Å². The first-order valence-electron chi connectivity index (χ1n) is 5.15. The van der Waals surface area contributed by atoms with Crippen LogP contribution in [0, 0.1) is 10.8 Å². The molecule has 0 aromatic heterocycles. The zero-order chi connectivity index (χ0) is 11.8. The minimum atomic E-state index is 0.189. The van der Waals surface area contributed by atoms with Crippen LogP contribution in [0.3, 0.4) is 0 Å². The number of hydrogen-bond acceptors (Lipinski definition) is 2. The van der Waals surface area contributed by atoms with E-state index in [0.717, 1.165) is 6.42 Å². The van der Waals surface area contributed by atoms with Gasteiger partial charge in [-0.05, 0) is 17.3 Å². The van der Waals surface area contributed by atoms with Crippen molar-refractivity contribution in [2.75, 3.05) is 6.61 Å².